The Morgan fingerprint density at radius 3 is 1.76 bits per heavy atom. The van der Waals surface area contributed by atoms with E-state index in [0.717, 1.165) is 0 Å². The van der Waals surface area contributed by atoms with Crippen molar-refractivity contribution in [2.45, 2.75) is 0 Å². The van der Waals surface area contributed by atoms with Gasteiger partial charge in [-0.25, -0.2) is 0 Å². The van der Waals surface area contributed by atoms with Crippen LogP contribution in [0.1, 0.15) is 0 Å². The zero-order valence-corrected chi connectivity index (χ0v) is 25.8. The fraction of sp³-hybridized carbons (Fsp3) is 0. The van der Waals surface area contributed by atoms with Crippen LogP contribution >= 0.6 is 11.3 Å². The molecule has 0 aliphatic rings. The van der Waals surface area contributed by atoms with Gasteiger partial charge in [-0.05, 0) is 103 Å². The summed E-state index contributed by atoms with van der Waals surface area (Å²) < 4.78 is 3.74. The Morgan fingerprint density at radius 1 is 0.348 bits per heavy atom. The molecule has 2 heteroatoms. The molecule has 2 aromatic heterocycles. The Bertz CT molecular complexity index is 2750. The van der Waals surface area contributed by atoms with Gasteiger partial charge in [-0.1, -0.05) is 115 Å². The van der Waals surface area contributed by atoms with Gasteiger partial charge in [0.15, 0.2) is 0 Å². The van der Waals surface area contributed by atoms with Gasteiger partial charge in [0.1, 0.15) is 0 Å². The standard InChI is InChI=1S/C44H27NS/c1-2-11-32(12-3-1)45-41-16-8-7-15-36(41)40-26-38-35-23-22-30(24-37(35)33-13-5-6-14-34(33)39(38)27-42(40)45)28-18-20-29(21-19-28)44-25-31-10-4-9-17-43(31)46-44/h1-27H. The van der Waals surface area contributed by atoms with Gasteiger partial charge in [0.2, 0.25) is 0 Å². The predicted octanol–water partition coefficient (Wildman–Crippen LogP) is 12.8. The van der Waals surface area contributed by atoms with Crippen LogP contribution in [-0.2, 0) is 0 Å². The molecule has 0 saturated heterocycles. The number of hydrogen-bond donors (Lipinski definition) is 0. The normalized spacial score (nSPS) is 11.9. The predicted molar refractivity (Wildman–Crippen MR) is 200 cm³/mol. The van der Waals surface area contributed by atoms with E-state index in [0.29, 0.717) is 0 Å². The summed E-state index contributed by atoms with van der Waals surface area (Å²) in [6.07, 6.45) is 0. The van der Waals surface area contributed by atoms with Crippen LogP contribution in [-0.4, -0.2) is 4.57 Å². The summed E-state index contributed by atoms with van der Waals surface area (Å²) >= 11 is 1.86. The number of nitrogens with zero attached hydrogens (tertiary/aromatic N) is 1. The van der Waals surface area contributed by atoms with Crippen molar-refractivity contribution >= 4 is 75.5 Å². The van der Waals surface area contributed by atoms with Crippen molar-refractivity contribution in [2.24, 2.45) is 0 Å². The molecule has 0 N–H and O–H groups in total. The Morgan fingerprint density at radius 2 is 0.957 bits per heavy atom. The van der Waals surface area contributed by atoms with E-state index in [4.69, 9.17) is 0 Å². The van der Waals surface area contributed by atoms with E-state index in [9.17, 15) is 0 Å². The zero-order valence-electron chi connectivity index (χ0n) is 24.9. The van der Waals surface area contributed by atoms with E-state index >= 15 is 0 Å². The lowest BCUT2D eigenvalue weighted by molar-refractivity contribution is 1.18. The maximum atomic E-state index is 2.43. The number of benzene rings is 8. The minimum Gasteiger partial charge on any atom is -0.309 e. The van der Waals surface area contributed by atoms with Crippen LogP contribution in [0.3, 0.4) is 0 Å². The summed E-state index contributed by atoms with van der Waals surface area (Å²) in [6, 6.07) is 60.3. The first kappa shape index (κ1) is 25.6. The number of hydrogen-bond acceptors (Lipinski definition) is 1. The van der Waals surface area contributed by atoms with Crippen molar-refractivity contribution in [3.63, 3.8) is 0 Å². The van der Waals surface area contributed by atoms with Gasteiger partial charge in [-0.2, -0.15) is 0 Å². The Labute approximate surface area is 270 Å². The highest BCUT2D eigenvalue weighted by atomic mass is 32.1. The SMILES string of the molecule is c1ccc(-n2c3ccccc3c3cc4c5ccc(-c6ccc(-c7cc8ccccc8s7)cc6)cc5c5ccccc5c4cc32)cc1. The minimum absolute atomic E-state index is 1.18. The topological polar surface area (TPSA) is 4.93 Å². The van der Waals surface area contributed by atoms with Crippen molar-refractivity contribution in [3.05, 3.63) is 164 Å². The molecule has 0 aliphatic heterocycles. The molecule has 8 aromatic carbocycles. The van der Waals surface area contributed by atoms with E-state index < -0.39 is 0 Å². The second kappa shape index (κ2) is 9.90. The van der Waals surface area contributed by atoms with Crippen LogP contribution in [0.5, 0.6) is 0 Å². The summed E-state index contributed by atoms with van der Waals surface area (Å²) in [5.74, 6) is 0. The molecule has 0 unspecified atom stereocenters. The summed E-state index contributed by atoms with van der Waals surface area (Å²) in [6.45, 7) is 0. The van der Waals surface area contributed by atoms with Gasteiger partial charge in [0.05, 0.1) is 11.0 Å². The number of aromatic nitrogens is 1. The highest BCUT2D eigenvalue weighted by Gasteiger charge is 2.17. The first-order chi connectivity index (χ1) is 22.8. The monoisotopic (exact) mass is 601 g/mol. The third kappa shape index (κ3) is 3.81. The molecule has 10 aromatic rings. The number of rotatable bonds is 3. The maximum Gasteiger partial charge on any atom is 0.0547 e. The molecule has 0 fully saturated rings. The first-order valence-corrected chi connectivity index (χ1v) is 16.6. The van der Waals surface area contributed by atoms with Crippen molar-refractivity contribution in [1.29, 1.82) is 0 Å². The zero-order chi connectivity index (χ0) is 30.2. The molecule has 0 aliphatic carbocycles. The molecule has 0 saturated carbocycles. The van der Waals surface area contributed by atoms with Crippen molar-refractivity contribution < 1.29 is 0 Å². The van der Waals surface area contributed by atoms with Gasteiger partial charge in [-0.3, -0.25) is 0 Å². The largest absolute Gasteiger partial charge is 0.309 e. The van der Waals surface area contributed by atoms with Crippen LogP contribution < -0.4 is 0 Å². The summed E-state index contributed by atoms with van der Waals surface area (Å²) in [4.78, 5) is 1.31. The van der Waals surface area contributed by atoms with Crippen molar-refractivity contribution in [3.8, 4) is 27.3 Å². The van der Waals surface area contributed by atoms with E-state index in [-0.39, 0.29) is 0 Å². The van der Waals surface area contributed by atoms with Crippen molar-refractivity contribution in [1.82, 2.24) is 4.57 Å². The number of fused-ring (bicyclic) bond motifs is 10. The summed E-state index contributed by atoms with van der Waals surface area (Å²) in [5, 5.41) is 11.6. The highest BCUT2D eigenvalue weighted by Crippen LogP contribution is 2.42. The van der Waals surface area contributed by atoms with Crippen molar-refractivity contribution in [2.75, 3.05) is 0 Å². The molecule has 0 bridgehead atoms. The maximum absolute atomic E-state index is 2.43. The minimum atomic E-state index is 1.18. The van der Waals surface area contributed by atoms with Gasteiger partial charge < -0.3 is 4.57 Å². The fourth-order valence-corrected chi connectivity index (χ4v) is 8.47. The molecule has 0 radical (unpaired) electrons. The molecule has 0 spiro atoms. The third-order valence-corrected chi connectivity index (χ3v) is 10.7. The molecule has 10 rings (SSSR count). The summed E-state index contributed by atoms with van der Waals surface area (Å²) in [7, 11) is 0. The average Bonchev–Trinajstić information content (AvgIpc) is 3.71. The lowest BCUT2D eigenvalue weighted by atomic mass is 9.91. The van der Waals surface area contributed by atoms with E-state index in [1.807, 2.05) is 11.3 Å². The second-order valence-electron chi connectivity index (χ2n) is 12.1. The summed E-state index contributed by atoms with van der Waals surface area (Å²) in [5.41, 5.74) is 7.38. The second-order valence-corrected chi connectivity index (χ2v) is 13.2. The first-order valence-electron chi connectivity index (χ1n) is 15.8. The van der Waals surface area contributed by atoms with Crippen LogP contribution in [0.4, 0.5) is 0 Å². The molecule has 0 atom stereocenters. The molecule has 46 heavy (non-hydrogen) atoms. The Kier molecular flexibility index (Phi) is 5.51. The fourth-order valence-electron chi connectivity index (χ4n) is 7.40. The third-order valence-electron chi connectivity index (χ3n) is 9.57. The molecular weight excluding hydrogens is 575 g/mol. The molecule has 214 valence electrons. The van der Waals surface area contributed by atoms with Gasteiger partial charge >= 0.3 is 0 Å². The molecule has 2 heterocycles. The number of thiophene rings is 1. The quantitative estimate of drug-likeness (QED) is 0.178. The van der Waals surface area contributed by atoms with Crippen LogP contribution in [0.2, 0.25) is 0 Å². The van der Waals surface area contributed by atoms with Crippen LogP contribution in [0.15, 0.2) is 164 Å². The lowest BCUT2D eigenvalue weighted by Gasteiger charge is -2.14. The van der Waals surface area contributed by atoms with E-state index in [1.54, 1.807) is 0 Å². The van der Waals surface area contributed by atoms with E-state index in [2.05, 4.69) is 168 Å². The van der Waals surface area contributed by atoms with Crippen LogP contribution in [0.25, 0.3) is 91.5 Å². The highest BCUT2D eigenvalue weighted by molar-refractivity contribution is 7.22. The van der Waals surface area contributed by atoms with Gasteiger partial charge in [0, 0.05) is 26.0 Å². The molecule has 0 amide bonds. The molecule has 1 nitrogen and oxygen atoms in total. The van der Waals surface area contributed by atoms with Gasteiger partial charge in [-0.15, -0.1) is 11.3 Å². The number of para-hydroxylation sites is 2. The Balaban J connectivity index is 1.19. The van der Waals surface area contributed by atoms with Gasteiger partial charge in [0.25, 0.3) is 0 Å². The van der Waals surface area contributed by atoms with E-state index in [1.165, 1.54) is 91.5 Å². The average molecular weight is 602 g/mol. The molecular formula is C44H27NS. The smallest absolute Gasteiger partial charge is 0.0547 e. The lowest BCUT2D eigenvalue weighted by Crippen LogP contribution is -1.93. The van der Waals surface area contributed by atoms with Crippen LogP contribution in [0, 0.1) is 0 Å². The Hall–Kier alpha value is -5.70.